The number of aromatic nitrogens is 4. The van der Waals surface area contributed by atoms with Gasteiger partial charge in [-0.2, -0.15) is 4.52 Å². The van der Waals surface area contributed by atoms with Gasteiger partial charge in [-0.05, 0) is 37.3 Å². The minimum atomic E-state index is -0.227. The molecule has 0 saturated heterocycles. The molecule has 0 radical (unpaired) electrons. The third-order valence-corrected chi connectivity index (χ3v) is 4.65. The first-order valence-corrected chi connectivity index (χ1v) is 10.1. The van der Waals surface area contributed by atoms with Crippen LogP contribution in [0.1, 0.15) is 5.56 Å². The van der Waals surface area contributed by atoms with E-state index in [9.17, 15) is 4.79 Å². The summed E-state index contributed by atoms with van der Waals surface area (Å²) in [7, 11) is 1.60. The van der Waals surface area contributed by atoms with E-state index in [1.54, 1.807) is 23.8 Å². The maximum atomic E-state index is 12.0. The first-order valence-electron chi connectivity index (χ1n) is 10.1. The van der Waals surface area contributed by atoms with Crippen LogP contribution in [0.5, 0.6) is 17.4 Å². The smallest absolute Gasteiger partial charge is 0.258 e. The number of ether oxygens (including phenoxy) is 3. The van der Waals surface area contributed by atoms with Crippen LogP contribution in [0.15, 0.2) is 60.7 Å². The van der Waals surface area contributed by atoms with Crippen molar-refractivity contribution in [2.75, 3.05) is 26.9 Å². The van der Waals surface area contributed by atoms with E-state index in [1.165, 1.54) is 0 Å². The quantitative estimate of drug-likeness (QED) is 0.405. The molecule has 0 aliphatic heterocycles. The van der Waals surface area contributed by atoms with Crippen molar-refractivity contribution in [1.29, 1.82) is 0 Å². The SMILES string of the molecule is COc1ccccc1-c1nnc2ccc(OCCNC(=O)COc3ccc(C)cc3)nn12. The number of nitrogens with zero attached hydrogens (tertiary/aromatic N) is 4. The van der Waals surface area contributed by atoms with Crippen LogP contribution in [0.2, 0.25) is 0 Å². The van der Waals surface area contributed by atoms with Gasteiger partial charge in [0.25, 0.3) is 5.91 Å². The number of benzene rings is 2. The highest BCUT2D eigenvalue weighted by molar-refractivity contribution is 5.77. The van der Waals surface area contributed by atoms with Gasteiger partial charge in [-0.15, -0.1) is 15.3 Å². The second-order valence-electron chi connectivity index (χ2n) is 6.97. The van der Waals surface area contributed by atoms with Crippen molar-refractivity contribution in [1.82, 2.24) is 25.1 Å². The lowest BCUT2D eigenvalue weighted by molar-refractivity contribution is -0.123. The summed E-state index contributed by atoms with van der Waals surface area (Å²) in [5, 5.41) is 15.6. The normalized spacial score (nSPS) is 10.7. The number of carbonyl (C=O) groups excluding carboxylic acids is 1. The van der Waals surface area contributed by atoms with Crippen LogP contribution in [-0.2, 0) is 4.79 Å². The second-order valence-corrected chi connectivity index (χ2v) is 6.97. The maximum Gasteiger partial charge on any atom is 0.258 e. The van der Waals surface area contributed by atoms with E-state index in [4.69, 9.17) is 14.2 Å². The summed E-state index contributed by atoms with van der Waals surface area (Å²) in [6.07, 6.45) is 0. The Morgan fingerprint density at radius 3 is 2.62 bits per heavy atom. The van der Waals surface area contributed by atoms with Gasteiger partial charge in [0.1, 0.15) is 18.1 Å². The van der Waals surface area contributed by atoms with Crippen molar-refractivity contribution < 1.29 is 19.0 Å². The lowest BCUT2D eigenvalue weighted by atomic mass is 10.2. The van der Waals surface area contributed by atoms with E-state index >= 15 is 0 Å². The average molecular weight is 433 g/mol. The highest BCUT2D eigenvalue weighted by Crippen LogP contribution is 2.28. The van der Waals surface area contributed by atoms with Gasteiger partial charge in [-0.1, -0.05) is 29.8 Å². The van der Waals surface area contributed by atoms with Gasteiger partial charge >= 0.3 is 0 Å². The molecule has 164 valence electrons. The zero-order chi connectivity index (χ0) is 22.3. The van der Waals surface area contributed by atoms with Crippen molar-refractivity contribution in [3.8, 4) is 28.8 Å². The van der Waals surface area contributed by atoms with Gasteiger partial charge in [0.15, 0.2) is 18.1 Å². The van der Waals surface area contributed by atoms with E-state index in [2.05, 4.69) is 20.6 Å². The van der Waals surface area contributed by atoms with Crippen LogP contribution >= 0.6 is 0 Å². The van der Waals surface area contributed by atoms with Crippen molar-refractivity contribution in [3.05, 3.63) is 66.2 Å². The third-order valence-electron chi connectivity index (χ3n) is 4.65. The van der Waals surface area contributed by atoms with E-state index in [0.29, 0.717) is 35.4 Å². The Balaban J connectivity index is 1.32. The summed E-state index contributed by atoms with van der Waals surface area (Å²) >= 11 is 0. The first-order chi connectivity index (χ1) is 15.6. The van der Waals surface area contributed by atoms with Crippen LogP contribution in [0, 0.1) is 6.92 Å². The van der Waals surface area contributed by atoms with Crippen molar-refractivity contribution in [2.24, 2.45) is 0 Å². The molecule has 0 bridgehead atoms. The van der Waals surface area contributed by atoms with E-state index in [1.807, 2.05) is 55.5 Å². The average Bonchev–Trinajstić information content (AvgIpc) is 3.24. The summed E-state index contributed by atoms with van der Waals surface area (Å²) in [5.41, 5.74) is 2.49. The van der Waals surface area contributed by atoms with Crippen molar-refractivity contribution in [3.63, 3.8) is 0 Å². The number of amides is 1. The number of hydrogen-bond donors (Lipinski definition) is 1. The molecule has 2 aromatic carbocycles. The summed E-state index contributed by atoms with van der Waals surface area (Å²) in [5.74, 6) is 2.03. The molecule has 4 rings (SSSR count). The molecule has 4 aromatic rings. The Labute approximate surface area is 185 Å². The highest BCUT2D eigenvalue weighted by Gasteiger charge is 2.14. The van der Waals surface area contributed by atoms with E-state index in [0.717, 1.165) is 11.1 Å². The summed E-state index contributed by atoms with van der Waals surface area (Å²) in [4.78, 5) is 12.0. The Bertz CT molecular complexity index is 1210. The van der Waals surface area contributed by atoms with Gasteiger partial charge in [-0.3, -0.25) is 4.79 Å². The predicted molar refractivity (Wildman–Crippen MR) is 118 cm³/mol. The Hall–Kier alpha value is -4.14. The van der Waals surface area contributed by atoms with Gasteiger partial charge in [0, 0.05) is 6.07 Å². The van der Waals surface area contributed by atoms with Crippen LogP contribution in [0.4, 0.5) is 0 Å². The third kappa shape index (κ3) is 4.94. The number of carbonyl (C=O) groups is 1. The van der Waals surface area contributed by atoms with Crippen molar-refractivity contribution >= 4 is 11.6 Å². The zero-order valence-corrected chi connectivity index (χ0v) is 17.8. The van der Waals surface area contributed by atoms with Gasteiger partial charge in [-0.25, -0.2) is 0 Å². The number of methoxy groups -OCH3 is 1. The minimum absolute atomic E-state index is 0.0593. The molecule has 1 N–H and O–H groups in total. The van der Waals surface area contributed by atoms with Gasteiger partial charge in [0.05, 0.1) is 19.2 Å². The second kappa shape index (κ2) is 9.78. The fraction of sp³-hybridized carbons (Fsp3) is 0.217. The molecule has 32 heavy (non-hydrogen) atoms. The molecule has 2 heterocycles. The maximum absolute atomic E-state index is 12.0. The number of nitrogens with one attached hydrogen (secondary N) is 1. The molecule has 0 atom stereocenters. The number of aryl methyl sites for hydroxylation is 1. The number of rotatable bonds is 9. The Morgan fingerprint density at radius 1 is 1.00 bits per heavy atom. The molecule has 0 fully saturated rings. The van der Waals surface area contributed by atoms with Crippen LogP contribution in [0.25, 0.3) is 17.0 Å². The zero-order valence-electron chi connectivity index (χ0n) is 17.8. The topological polar surface area (TPSA) is 99.9 Å². The summed E-state index contributed by atoms with van der Waals surface area (Å²) < 4.78 is 18.2. The molecular formula is C23H23N5O4. The molecule has 0 aliphatic carbocycles. The molecule has 0 saturated carbocycles. The highest BCUT2D eigenvalue weighted by atomic mass is 16.5. The van der Waals surface area contributed by atoms with Gasteiger partial charge in [0.2, 0.25) is 5.88 Å². The van der Waals surface area contributed by atoms with Crippen LogP contribution in [-0.4, -0.2) is 52.6 Å². The lowest BCUT2D eigenvalue weighted by Gasteiger charge is -2.09. The Morgan fingerprint density at radius 2 is 1.81 bits per heavy atom. The van der Waals surface area contributed by atoms with Gasteiger partial charge < -0.3 is 19.5 Å². The fourth-order valence-electron chi connectivity index (χ4n) is 3.03. The molecule has 9 heteroatoms. The summed E-state index contributed by atoms with van der Waals surface area (Å²) in [6, 6.07) is 18.5. The molecule has 9 nitrogen and oxygen atoms in total. The number of para-hydroxylation sites is 1. The molecular weight excluding hydrogens is 410 g/mol. The largest absolute Gasteiger partial charge is 0.496 e. The molecule has 2 aromatic heterocycles. The lowest BCUT2D eigenvalue weighted by Crippen LogP contribution is -2.32. The van der Waals surface area contributed by atoms with Crippen LogP contribution < -0.4 is 19.5 Å². The molecule has 0 aliphatic rings. The summed E-state index contributed by atoms with van der Waals surface area (Å²) in [6.45, 7) is 2.50. The molecule has 1 amide bonds. The fourth-order valence-corrected chi connectivity index (χ4v) is 3.03. The van der Waals surface area contributed by atoms with E-state index in [-0.39, 0.29) is 19.1 Å². The van der Waals surface area contributed by atoms with E-state index < -0.39 is 0 Å². The van der Waals surface area contributed by atoms with Crippen molar-refractivity contribution in [2.45, 2.75) is 6.92 Å². The monoisotopic (exact) mass is 433 g/mol. The van der Waals surface area contributed by atoms with Crippen LogP contribution in [0.3, 0.4) is 0 Å². The standard InChI is InChI=1S/C23H23N5O4/c1-16-7-9-17(10-8-16)32-15-21(29)24-13-14-31-22-12-11-20-25-26-23(28(20)27-22)18-5-3-4-6-19(18)30-2/h3-12H,13-15H2,1-2H3,(H,24,29). The predicted octanol–water partition coefficient (Wildman–Crippen LogP) is 2.68. The number of hydrogen-bond acceptors (Lipinski definition) is 7. The first kappa shape index (κ1) is 21.1. The number of fused-ring (bicyclic) bond motifs is 1. The molecule has 0 unspecified atom stereocenters. The Kier molecular flexibility index (Phi) is 6.45. The molecule has 0 spiro atoms. The minimum Gasteiger partial charge on any atom is -0.496 e.